The molecule has 3 unspecified atom stereocenters. The van der Waals surface area contributed by atoms with Crippen molar-refractivity contribution < 1.29 is 9.18 Å². The zero-order valence-corrected chi connectivity index (χ0v) is 15.3. The topological polar surface area (TPSA) is 32.3 Å². The minimum Gasteiger partial charge on any atom is -0.350 e. The highest BCUT2D eigenvalue weighted by molar-refractivity contribution is 7.17. The van der Waals surface area contributed by atoms with Gasteiger partial charge >= 0.3 is 0 Å². The molecule has 1 amide bonds. The second kappa shape index (κ2) is 7.06. The number of halogens is 2. The smallest absolute Gasteiger partial charge is 0.261 e. The first kappa shape index (κ1) is 17.0. The maximum atomic E-state index is 13.1. The normalized spacial score (nSPS) is 25.4. The van der Waals surface area contributed by atoms with Gasteiger partial charge in [-0.05, 0) is 54.0 Å². The molecule has 1 saturated carbocycles. The summed E-state index contributed by atoms with van der Waals surface area (Å²) in [6, 6.07) is 10.5. The Bertz CT molecular complexity index is 763. The summed E-state index contributed by atoms with van der Waals surface area (Å²) >= 11 is 7.16. The van der Waals surface area contributed by atoms with Gasteiger partial charge in [-0.25, -0.2) is 4.39 Å². The number of rotatable bonds is 5. The number of hydrogen-bond acceptors (Lipinski definition) is 3. The molecule has 132 valence electrons. The number of carbonyl (C=O) groups is 1. The third-order valence-corrected chi connectivity index (χ3v) is 6.68. The molecule has 25 heavy (non-hydrogen) atoms. The number of hydrogen-bond donors (Lipinski definition) is 1. The molecule has 0 bridgehead atoms. The van der Waals surface area contributed by atoms with Gasteiger partial charge < -0.3 is 10.2 Å². The van der Waals surface area contributed by atoms with Crippen molar-refractivity contribution in [2.24, 2.45) is 11.8 Å². The van der Waals surface area contributed by atoms with Gasteiger partial charge in [0.05, 0.1) is 9.21 Å². The first-order valence-electron chi connectivity index (χ1n) is 8.61. The molecular weight excluding hydrogens is 359 g/mol. The maximum Gasteiger partial charge on any atom is 0.261 e. The van der Waals surface area contributed by atoms with Crippen molar-refractivity contribution in [3.8, 4) is 0 Å². The Morgan fingerprint density at radius 1 is 1.24 bits per heavy atom. The molecule has 1 aromatic heterocycles. The molecule has 0 radical (unpaired) electrons. The van der Waals surface area contributed by atoms with E-state index in [4.69, 9.17) is 11.6 Å². The van der Waals surface area contributed by atoms with Crippen molar-refractivity contribution >= 4 is 28.8 Å². The Morgan fingerprint density at radius 2 is 2.04 bits per heavy atom. The lowest BCUT2D eigenvalue weighted by molar-refractivity contribution is 0.0953. The average Bonchev–Trinajstić information content (AvgIpc) is 3.15. The van der Waals surface area contributed by atoms with Crippen LogP contribution in [0.5, 0.6) is 0 Å². The van der Waals surface area contributed by atoms with Crippen molar-refractivity contribution in [1.29, 1.82) is 0 Å². The van der Waals surface area contributed by atoms with Crippen LogP contribution in [-0.4, -0.2) is 37.0 Å². The minimum atomic E-state index is -0.171. The minimum absolute atomic E-state index is 0.0525. The number of carbonyl (C=O) groups excluding carboxylic acids is 1. The van der Waals surface area contributed by atoms with E-state index in [9.17, 15) is 9.18 Å². The summed E-state index contributed by atoms with van der Waals surface area (Å²) in [5, 5.41) is 2.97. The highest BCUT2D eigenvalue weighted by atomic mass is 35.5. The fourth-order valence-corrected chi connectivity index (χ4v) is 5.09. The van der Waals surface area contributed by atoms with Gasteiger partial charge in [0.1, 0.15) is 5.82 Å². The van der Waals surface area contributed by atoms with E-state index in [1.54, 1.807) is 24.3 Å². The summed E-state index contributed by atoms with van der Waals surface area (Å²) in [7, 11) is 0. The Kier molecular flexibility index (Phi) is 4.80. The number of fused-ring (bicyclic) bond motifs is 1. The largest absolute Gasteiger partial charge is 0.350 e. The third kappa shape index (κ3) is 3.59. The number of nitrogens with zero attached hydrogens (tertiary/aromatic N) is 1. The Balaban J connectivity index is 1.25. The molecule has 2 aliphatic rings. The van der Waals surface area contributed by atoms with Crippen LogP contribution in [0.3, 0.4) is 0 Å². The molecule has 2 aromatic rings. The van der Waals surface area contributed by atoms with Gasteiger partial charge in [0.2, 0.25) is 0 Å². The molecule has 0 spiro atoms. The fraction of sp³-hybridized carbons (Fsp3) is 0.421. The van der Waals surface area contributed by atoms with Crippen LogP contribution < -0.4 is 5.32 Å². The van der Waals surface area contributed by atoms with Crippen molar-refractivity contribution in [2.45, 2.75) is 12.3 Å². The number of amides is 1. The van der Waals surface area contributed by atoms with Gasteiger partial charge in [0.25, 0.3) is 5.91 Å². The zero-order valence-electron chi connectivity index (χ0n) is 13.8. The molecule has 1 aliphatic carbocycles. The summed E-state index contributed by atoms with van der Waals surface area (Å²) in [5.74, 6) is 1.73. The number of likely N-dealkylation sites (tertiary alicyclic amines) is 1. The van der Waals surface area contributed by atoms with Gasteiger partial charge in [-0.15, -0.1) is 11.3 Å². The highest BCUT2D eigenvalue weighted by Crippen LogP contribution is 2.51. The summed E-state index contributed by atoms with van der Waals surface area (Å²) in [4.78, 5) is 15.1. The number of benzene rings is 1. The standard InChI is InChI=1S/C19H20ClFN2OS/c20-18-6-5-17(25-18)19(24)22-7-8-23-10-13-9-15(16(13)11-23)12-1-3-14(21)4-2-12/h1-6,13,15-16H,7-11H2,(H,22,24). The van der Waals surface area contributed by atoms with Gasteiger partial charge in [-0.2, -0.15) is 0 Å². The molecule has 1 aromatic carbocycles. The predicted molar refractivity (Wildman–Crippen MR) is 98.8 cm³/mol. The van der Waals surface area contributed by atoms with Gasteiger partial charge in [0.15, 0.2) is 0 Å². The van der Waals surface area contributed by atoms with Gasteiger partial charge in [-0.3, -0.25) is 4.79 Å². The lowest BCUT2D eigenvalue weighted by Gasteiger charge is -2.40. The molecule has 2 heterocycles. The predicted octanol–water partition coefficient (Wildman–Crippen LogP) is 4.01. The van der Waals surface area contributed by atoms with E-state index in [0.717, 1.165) is 25.6 Å². The molecule has 3 atom stereocenters. The van der Waals surface area contributed by atoms with Gasteiger partial charge in [0, 0.05) is 26.2 Å². The monoisotopic (exact) mass is 378 g/mol. The molecule has 3 nitrogen and oxygen atoms in total. The molecule has 1 aliphatic heterocycles. The quantitative estimate of drug-likeness (QED) is 0.852. The van der Waals surface area contributed by atoms with E-state index in [2.05, 4.69) is 10.2 Å². The molecule has 6 heteroatoms. The second-order valence-electron chi connectivity index (χ2n) is 6.94. The number of nitrogens with one attached hydrogen (secondary N) is 1. The Labute approximate surface area is 155 Å². The van der Waals surface area contributed by atoms with Crippen LogP contribution in [0.25, 0.3) is 0 Å². The van der Waals surface area contributed by atoms with E-state index >= 15 is 0 Å². The van der Waals surface area contributed by atoms with E-state index in [0.29, 0.717) is 27.6 Å². The fourth-order valence-electron chi connectivity index (χ4n) is 4.13. The van der Waals surface area contributed by atoms with Crippen LogP contribution in [0.2, 0.25) is 4.34 Å². The zero-order chi connectivity index (χ0) is 17.4. The van der Waals surface area contributed by atoms with Crippen molar-refractivity contribution in [3.05, 3.63) is 57.0 Å². The number of thiophene rings is 1. The van der Waals surface area contributed by atoms with Crippen LogP contribution in [0.4, 0.5) is 4.39 Å². The average molecular weight is 379 g/mol. The Morgan fingerprint density at radius 3 is 2.76 bits per heavy atom. The van der Waals surface area contributed by atoms with Crippen LogP contribution in [-0.2, 0) is 0 Å². The summed E-state index contributed by atoms with van der Waals surface area (Å²) in [5.41, 5.74) is 1.26. The molecule has 1 saturated heterocycles. The molecule has 1 N–H and O–H groups in total. The second-order valence-corrected chi connectivity index (χ2v) is 8.65. The summed E-state index contributed by atoms with van der Waals surface area (Å²) < 4.78 is 13.7. The Hall–Kier alpha value is -1.43. The van der Waals surface area contributed by atoms with E-state index in [-0.39, 0.29) is 11.7 Å². The van der Waals surface area contributed by atoms with Crippen molar-refractivity contribution in [2.75, 3.05) is 26.2 Å². The van der Waals surface area contributed by atoms with E-state index < -0.39 is 0 Å². The third-order valence-electron chi connectivity index (χ3n) is 5.45. The first-order valence-corrected chi connectivity index (χ1v) is 9.81. The first-order chi connectivity index (χ1) is 12.1. The lowest BCUT2D eigenvalue weighted by atomic mass is 9.64. The summed E-state index contributed by atoms with van der Waals surface area (Å²) in [6.45, 7) is 3.68. The molecule has 4 rings (SSSR count). The molecule has 2 fully saturated rings. The SMILES string of the molecule is O=C(NCCN1CC2CC(c3ccc(F)cc3)C2C1)c1ccc(Cl)s1. The molecular formula is C19H20ClFN2OS. The highest BCUT2D eigenvalue weighted by Gasteiger charge is 2.47. The van der Waals surface area contributed by atoms with Crippen LogP contribution >= 0.6 is 22.9 Å². The van der Waals surface area contributed by atoms with E-state index in [1.807, 2.05) is 12.1 Å². The summed E-state index contributed by atoms with van der Waals surface area (Å²) in [6.07, 6.45) is 1.19. The van der Waals surface area contributed by atoms with Crippen molar-refractivity contribution in [3.63, 3.8) is 0 Å². The van der Waals surface area contributed by atoms with Gasteiger partial charge in [-0.1, -0.05) is 23.7 Å². The van der Waals surface area contributed by atoms with Crippen LogP contribution in [0.1, 0.15) is 27.6 Å². The van der Waals surface area contributed by atoms with Crippen molar-refractivity contribution in [1.82, 2.24) is 10.2 Å². The maximum absolute atomic E-state index is 13.1. The van der Waals surface area contributed by atoms with Crippen LogP contribution in [0.15, 0.2) is 36.4 Å². The van der Waals surface area contributed by atoms with E-state index in [1.165, 1.54) is 23.3 Å². The van der Waals surface area contributed by atoms with Crippen LogP contribution in [0, 0.1) is 17.7 Å². The lowest BCUT2D eigenvalue weighted by Crippen LogP contribution is -2.34.